The highest BCUT2D eigenvalue weighted by Crippen LogP contribution is 2.64. The second-order valence-corrected chi connectivity index (χ2v) is 18.4. The molecule has 2 N–H and O–H groups in total. The maximum Gasteiger partial charge on any atom is 0.280 e. The molecular weight excluding hydrogens is 836 g/mol. The van der Waals surface area contributed by atoms with Gasteiger partial charge in [-0.1, -0.05) is 98.8 Å². The molecule has 15 nitrogen and oxygen atoms in total. The van der Waals surface area contributed by atoms with E-state index in [4.69, 9.17) is 37.7 Å². The van der Waals surface area contributed by atoms with Gasteiger partial charge in [-0.25, -0.2) is 9.65 Å². The summed E-state index contributed by atoms with van der Waals surface area (Å²) in [6, 6.07) is 36.3. The number of carbonyl (C=O) groups is 1. The second-order valence-electron chi connectivity index (χ2n) is 17.0. The average molecular weight is 887 g/mol. The molecule has 4 fully saturated rings. The topological polar surface area (TPSA) is 161 Å². The van der Waals surface area contributed by atoms with Crippen LogP contribution in [0.4, 0.5) is 5.95 Å². The van der Waals surface area contributed by atoms with Crippen LogP contribution in [0.15, 0.2) is 120 Å². The Labute approximate surface area is 371 Å². The SMILES string of the molecule is COc1ccc(C(OC[C@]23O[C@@H](n4cnc5c(=O)[nH]c(NC(=O)C(C)C)nc54)[C@H](O[C@H]2C)[C@@H]3OP2O[C@H](c3ccccc3)[C@@H]3CCCN32)(c2ccccc2)c2ccc(OC)cc2)cc1. The monoisotopic (exact) mass is 886 g/mol. The van der Waals surface area contributed by atoms with E-state index < -0.39 is 49.8 Å². The minimum atomic E-state index is -1.60. The number of H-pyrrole nitrogens is 1. The number of nitrogens with zero attached hydrogens (tertiary/aromatic N) is 4. The zero-order valence-corrected chi connectivity index (χ0v) is 37.1. The van der Waals surface area contributed by atoms with Gasteiger partial charge in [0.1, 0.15) is 41.0 Å². The largest absolute Gasteiger partial charge is 0.497 e. The van der Waals surface area contributed by atoms with Crippen LogP contribution in [0, 0.1) is 5.92 Å². The van der Waals surface area contributed by atoms with Crippen molar-refractivity contribution in [3.05, 3.63) is 148 Å². The third kappa shape index (κ3) is 7.19. The molecule has 4 aliphatic heterocycles. The first-order valence-corrected chi connectivity index (χ1v) is 22.8. The van der Waals surface area contributed by atoms with Crippen LogP contribution < -0.4 is 20.3 Å². The van der Waals surface area contributed by atoms with Crippen molar-refractivity contribution in [1.29, 1.82) is 0 Å². The van der Waals surface area contributed by atoms with E-state index in [1.54, 1.807) is 32.6 Å². The number of aromatic nitrogens is 4. The van der Waals surface area contributed by atoms with Crippen molar-refractivity contribution in [2.45, 2.75) is 81.5 Å². The highest BCUT2D eigenvalue weighted by molar-refractivity contribution is 7.45. The number of aromatic amines is 1. The Hall–Kier alpha value is -5.51. The van der Waals surface area contributed by atoms with E-state index in [1.807, 2.05) is 91.9 Å². The van der Waals surface area contributed by atoms with E-state index >= 15 is 0 Å². The predicted molar refractivity (Wildman–Crippen MR) is 239 cm³/mol. The summed E-state index contributed by atoms with van der Waals surface area (Å²) in [6.07, 6.45) is 0.500. The summed E-state index contributed by atoms with van der Waals surface area (Å²) in [6.45, 7) is 6.32. The third-order valence-corrected chi connectivity index (χ3v) is 14.7. The highest BCUT2D eigenvalue weighted by Gasteiger charge is 2.69. The smallest absolute Gasteiger partial charge is 0.280 e. The Kier molecular flexibility index (Phi) is 11.4. The second kappa shape index (κ2) is 17.1. The maximum atomic E-state index is 13.4. The fourth-order valence-electron chi connectivity index (χ4n) is 9.55. The zero-order valence-electron chi connectivity index (χ0n) is 36.2. The van der Waals surface area contributed by atoms with Crippen molar-refractivity contribution < 1.29 is 37.5 Å². The lowest BCUT2D eigenvalue weighted by Gasteiger charge is -2.42. The Balaban J connectivity index is 1.09. The molecule has 2 aromatic heterocycles. The Morgan fingerprint density at radius 2 is 1.58 bits per heavy atom. The Bertz CT molecular complexity index is 2620. The number of rotatable bonds is 14. The first kappa shape index (κ1) is 42.4. The van der Waals surface area contributed by atoms with Crippen molar-refractivity contribution in [3.8, 4) is 11.5 Å². The van der Waals surface area contributed by atoms with E-state index in [0.717, 1.165) is 41.6 Å². The van der Waals surface area contributed by atoms with E-state index in [1.165, 1.54) is 6.33 Å². The quantitative estimate of drug-likeness (QED) is 0.0814. The molecule has 64 heavy (non-hydrogen) atoms. The number of fused-ring (bicyclic) bond motifs is 4. The normalized spacial score (nSPS) is 26.4. The predicted octanol–water partition coefficient (Wildman–Crippen LogP) is 7.64. The van der Waals surface area contributed by atoms with Crippen LogP contribution in [0.25, 0.3) is 11.2 Å². The molecule has 1 unspecified atom stereocenters. The van der Waals surface area contributed by atoms with Gasteiger partial charge in [-0.2, -0.15) is 4.98 Å². The van der Waals surface area contributed by atoms with Crippen LogP contribution in [0.3, 0.4) is 0 Å². The first-order chi connectivity index (χ1) is 31.1. The minimum absolute atomic E-state index is 0.00251. The number of imidazole rings is 1. The molecule has 0 radical (unpaired) electrons. The number of methoxy groups -OCH3 is 2. The van der Waals surface area contributed by atoms with Crippen LogP contribution in [0.5, 0.6) is 11.5 Å². The fraction of sp³-hybridized carbons (Fsp3) is 0.375. The van der Waals surface area contributed by atoms with E-state index in [-0.39, 0.29) is 47.7 Å². The summed E-state index contributed by atoms with van der Waals surface area (Å²) in [4.78, 5) is 38.0. The molecular formula is C48H51N6O9P. The summed E-state index contributed by atoms with van der Waals surface area (Å²) < 4.78 is 51.4. The summed E-state index contributed by atoms with van der Waals surface area (Å²) in [7, 11) is 1.69. The molecule has 6 heterocycles. The van der Waals surface area contributed by atoms with Crippen molar-refractivity contribution >= 4 is 31.5 Å². The lowest BCUT2D eigenvalue weighted by atomic mass is 9.79. The Morgan fingerprint density at radius 3 is 2.22 bits per heavy atom. The molecule has 0 aliphatic carbocycles. The van der Waals surface area contributed by atoms with Gasteiger partial charge in [-0.3, -0.25) is 24.5 Å². The van der Waals surface area contributed by atoms with Crippen molar-refractivity contribution in [2.75, 3.05) is 32.7 Å². The van der Waals surface area contributed by atoms with Gasteiger partial charge in [0, 0.05) is 18.5 Å². The number of ether oxygens (including phenoxy) is 5. The van der Waals surface area contributed by atoms with E-state index in [0.29, 0.717) is 11.5 Å². The molecule has 8 atom stereocenters. The van der Waals surface area contributed by atoms with Crippen LogP contribution >= 0.6 is 8.53 Å². The Morgan fingerprint density at radius 1 is 0.938 bits per heavy atom. The number of benzene rings is 4. The van der Waals surface area contributed by atoms with Crippen LogP contribution in [-0.2, 0) is 33.7 Å². The lowest BCUT2D eigenvalue weighted by molar-refractivity contribution is -0.229. The number of hydrogen-bond donors (Lipinski definition) is 2. The number of amides is 1. The van der Waals surface area contributed by atoms with Crippen LogP contribution in [-0.4, -0.2) is 87.4 Å². The maximum absolute atomic E-state index is 13.4. The third-order valence-electron chi connectivity index (χ3n) is 13.0. The molecule has 4 aliphatic rings. The minimum Gasteiger partial charge on any atom is -0.497 e. The molecule has 0 saturated carbocycles. The van der Waals surface area contributed by atoms with Crippen molar-refractivity contribution in [1.82, 2.24) is 24.2 Å². The van der Waals surface area contributed by atoms with Gasteiger partial charge < -0.3 is 32.7 Å². The standard InChI is InChI=1S/C48H51N6O9P/c1-29(2)43(55)51-46-50-42-38(44(56)52-46)49-28-53(42)45-40-41(63-64-54-26-12-17-37(54)39(62-64)31-13-8-6-9-14-31)47(61-45,30(3)60-40)27-59-48(32-15-10-7-11-16-32,33-18-22-35(57-4)23-19-33)34-20-24-36(58-5)25-21-34/h6-11,13-16,18-25,28-30,37,39-41,45H,12,17,26-27H2,1-5H3,(H2,50,51,52,55,56)/t30-,37-,39+,40+,41-,45+,47-,64?/m0/s1. The summed E-state index contributed by atoms with van der Waals surface area (Å²) in [5, 5.41) is 2.73. The van der Waals surface area contributed by atoms with Gasteiger partial charge in [0.05, 0.1) is 33.3 Å². The van der Waals surface area contributed by atoms with Crippen LogP contribution in [0.2, 0.25) is 0 Å². The molecule has 16 heteroatoms. The number of hydrogen-bond acceptors (Lipinski definition) is 12. The van der Waals surface area contributed by atoms with E-state index in [9.17, 15) is 9.59 Å². The summed E-state index contributed by atoms with van der Waals surface area (Å²) in [5.74, 6) is 0.769. The molecule has 10 rings (SSSR count). The molecule has 0 spiro atoms. The van der Waals surface area contributed by atoms with Crippen molar-refractivity contribution in [3.63, 3.8) is 0 Å². The highest BCUT2D eigenvalue weighted by atomic mass is 31.2. The number of carbonyl (C=O) groups excluding carboxylic acids is 1. The van der Waals surface area contributed by atoms with Gasteiger partial charge >= 0.3 is 0 Å². The number of anilines is 1. The molecule has 6 aromatic rings. The average Bonchev–Trinajstić information content (AvgIpc) is 4.15. The summed E-state index contributed by atoms with van der Waals surface area (Å²) >= 11 is 0. The molecule has 4 aromatic carbocycles. The fourth-order valence-corrected chi connectivity index (χ4v) is 11.6. The molecule has 332 valence electrons. The van der Waals surface area contributed by atoms with Gasteiger partial charge in [0.15, 0.2) is 17.4 Å². The molecule has 4 saturated heterocycles. The molecule has 2 bridgehead atoms. The van der Waals surface area contributed by atoms with Crippen molar-refractivity contribution in [2.24, 2.45) is 5.92 Å². The van der Waals surface area contributed by atoms with Gasteiger partial charge in [-0.05, 0) is 66.3 Å². The first-order valence-electron chi connectivity index (χ1n) is 21.7. The lowest BCUT2D eigenvalue weighted by Crippen LogP contribution is -2.52. The summed E-state index contributed by atoms with van der Waals surface area (Å²) in [5.41, 5.74) is 1.05. The number of nitrogens with one attached hydrogen (secondary N) is 2. The van der Waals surface area contributed by atoms with Gasteiger partial charge in [0.2, 0.25) is 11.9 Å². The molecule has 1 amide bonds. The van der Waals surface area contributed by atoms with E-state index in [2.05, 4.69) is 44.2 Å². The van der Waals surface area contributed by atoms with Gasteiger partial charge in [-0.15, -0.1) is 0 Å². The van der Waals surface area contributed by atoms with Crippen LogP contribution in [0.1, 0.15) is 68.2 Å². The van der Waals surface area contributed by atoms with Gasteiger partial charge in [0.25, 0.3) is 14.1 Å². The zero-order chi connectivity index (χ0) is 44.2.